The smallest absolute Gasteiger partial charge is 0.254 e. The molecule has 1 aliphatic heterocycles. The van der Waals surface area contributed by atoms with Crippen molar-refractivity contribution < 1.29 is 4.79 Å². The first-order valence-corrected chi connectivity index (χ1v) is 3.82. The van der Waals surface area contributed by atoms with E-state index in [1.165, 1.54) is 0 Å². The number of amides is 1. The summed E-state index contributed by atoms with van der Waals surface area (Å²) in [5, 5.41) is 6.56. The first kappa shape index (κ1) is 8.49. The highest BCUT2D eigenvalue weighted by atomic mass is 16.2. The van der Waals surface area contributed by atoms with Gasteiger partial charge in [-0.1, -0.05) is 0 Å². The van der Waals surface area contributed by atoms with E-state index < -0.39 is 0 Å². The fourth-order valence-corrected chi connectivity index (χ4v) is 1.33. The van der Waals surface area contributed by atoms with Gasteiger partial charge in [0.25, 0.3) is 5.91 Å². The lowest BCUT2D eigenvalue weighted by Gasteiger charge is -2.23. The highest BCUT2D eigenvalue weighted by Crippen LogP contribution is 2.10. The van der Waals surface area contributed by atoms with E-state index in [1.54, 1.807) is 5.01 Å². The summed E-state index contributed by atoms with van der Waals surface area (Å²) >= 11 is 0. The average Bonchev–Trinajstić information content (AvgIpc) is 2.30. The molecule has 1 unspecified atom stereocenters. The van der Waals surface area contributed by atoms with Crippen LogP contribution in [-0.4, -0.2) is 49.7 Å². The van der Waals surface area contributed by atoms with Crippen LogP contribution in [0.5, 0.6) is 0 Å². The van der Waals surface area contributed by atoms with E-state index in [1.807, 2.05) is 26.2 Å². The molecule has 0 bridgehead atoms. The minimum Gasteiger partial charge on any atom is -0.309 e. The van der Waals surface area contributed by atoms with Crippen molar-refractivity contribution in [2.24, 2.45) is 0 Å². The lowest BCUT2D eigenvalue weighted by Crippen LogP contribution is -2.42. The SMILES string of the molecule is CNC1CCN(N(C)C)C1=O. The molecule has 0 aromatic carbocycles. The maximum atomic E-state index is 11.4. The third-order valence-electron chi connectivity index (χ3n) is 2.01. The van der Waals surface area contributed by atoms with E-state index in [4.69, 9.17) is 0 Å². The van der Waals surface area contributed by atoms with Gasteiger partial charge in [-0.05, 0) is 13.5 Å². The molecular formula is C7H15N3O. The molecule has 1 rings (SSSR count). The summed E-state index contributed by atoms with van der Waals surface area (Å²) < 4.78 is 0. The largest absolute Gasteiger partial charge is 0.309 e. The lowest BCUT2D eigenvalue weighted by atomic mass is 10.3. The summed E-state index contributed by atoms with van der Waals surface area (Å²) in [5.41, 5.74) is 0. The van der Waals surface area contributed by atoms with Crippen molar-refractivity contribution in [1.82, 2.24) is 15.3 Å². The number of hydrogen-bond donors (Lipinski definition) is 1. The second-order valence-electron chi connectivity index (χ2n) is 2.94. The van der Waals surface area contributed by atoms with Crippen LogP contribution in [0.4, 0.5) is 0 Å². The summed E-state index contributed by atoms with van der Waals surface area (Å²) in [6.45, 7) is 0.831. The molecule has 0 saturated carbocycles. The Morgan fingerprint density at radius 2 is 2.27 bits per heavy atom. The van der Waals surface area contributed by atoms with Gasteiger partial charge in [0, 0.05) is 20.6 Å². The predicted octanol–water partition coefficient (Wildman–Crippen LogP) is -0.717. The van der Waals surface area contributed by atoms with Crippen molar-refractivity contribution >= 4 is 5.91 Å². The van der Waals surface area contributed by atoms with Crippen LogP contribution in [0, 0.1) is 0 Å². The van der Waals surface area contributed by atoms with Crippen molar-refractivity contribution in [2.45, 2.75) is 12.5 Å². The predicted molar refractivity (Wildman–Crippen MR) is 42.9 cm³/mol. The van der Waals surface area contributed by atoms with Crippen molar-refractivity contribution in [3.05, 3.63) is 0 Å². The van der Waals surface area contributed by atoms with Gasteiger partial charge in [0.1, 0.15) is 0 Å². The Balaban J connectivity index is 2.56. The molecule has 64 valence electrons. The van der Waals surface area contributed by atoms with Gasteiger partial charge in [-0.15, -0.1) is 0 Å². The van der Waals surface area contributed by atoms with Gasteiger partial charge >= 0.3 is 0 Å². The van der Waals surface area contributed by atoms with Crippen molar-refractivity contribution in [3.8, 4) is 0 Å². The maximum absolute atomic E-state index is 11.4. The second-order valence-corrected chi connectivity index (χ2v) is 2.94. The van der Waals surface area contributed by atoms with Gasteiger partial charge in [-0.3, -0.25) is 9.80 Å². The number of carbonyl (C=O) groups excluding carboxylic acids is 1. The first-order valence-electron chi connectivity index (χ1n) is 3.82. The quantitative estimate of drug-likeness (QED) is 0.575. The Labute approximate surface area is 67.1 Å². The molecule has 1 fully saturated rings. The molecule has 4 heteroatoms. The molecule has 1 N–H and O–H groups in total. The third kappa shape index (κ3) is 1.52. The van der Waals surface area contributed by atoms with Crippen LogP contribution in [0.15, 0.2) is 0 Å². The Hall–Kier alpha value is -0.610. The zero-order valence-corrected chi connectivity index (χ0v) is 7.29. The number of hydrazine groups is 1. The van der Waals surface area contributed by atoms with E-state index in [9.17, 15) is 4.79 Å². The van der Waals surface area contributed by atoms with Crippen molar-refractivity contribution in [1.29, 1.82) is 0 Å². The Morgan fingerprint density at radius 1 is 1.64 bits per heavy atom. The summed E-state index contributed by atoms with van der Waals surface area (Å²) in [6, 6.07) is 0.0254. The first-order chi connectivity index (χ1) is 5.16. The molecule has 1 amide bonds. The zero-order valence-electron chi connectivity index (χ0n) is 7.29. The van der Waals surface area contributed by atoms with E-state index in [0.29, 0.717) is 0 Å². The number of likely N-dealkylation sites (N-methyl/N-ethyl adjacent to an activating group) is 1. The van der Waals surface area contributed by atoms with Crippen LogP contribution in [0.3, 0.4) is 0 Å². The summed E-state index contributed by atoms with van der Waals surface area (Å²) in [4.78, 5) is 11.4. The van der Waals surface area contributed by atoms with Gasteiger partial charge in [-0.2, -0.15) is 0 Å². The van der Waals surface area contributed by atoms with E-state index in [2.05, 4.69) is 5.32 Å². The van der Waals surface area contributed by atoms with Crippen LogP contribution in [0.25, 0.3) is 0 Å². The number of carbonyl (C=O) groups is 1. The normalized spacial score (nSPS) is 25.3. The number of nitrogens with one attached hydrogen (secondary N) is 1. The van der Waals surface area contributed by atoms with Crippen LogP contribution >= 0.6 is 0 Å². The van der Waals surface area contributed by atoms with E-state index in [-0.39, 0.29) is 11.9 Å². The molecule has 11 heavy (non-hydrogen) atoms. The second kappa shape index (κ2) is 3.19. The molecule has 0 aromatic heterocycles. The molecule has 0 radical (unpaired) electrons. The Morgan fingerprint density at radius 3 is 2.55 bits per heavy atom. The van der Waals surface area contributed by atoms with Gasteiger partial charge in [-0.25, -0.2) is 5.01 Å². The fourth-order valence-electron chi connectivity index (χ4n) is 1.33. The van der Waals surface area contributed by atoms with Crippen LogP contribution in [0.2, 0.25) is 0 Å². The topological polar surface area (TPSA) is 35.6 Å². The minimum atomic E-state index is 0.0254. The average molecular weight is 157 g/mol. The molecule has 1 atom stereocenters. The van der Waals surface area contributed by atoms with Crippen molar-refractivity contribution in [3.63, 3.8) is 0 Å². The zero-order chi connectivity index (χ0) is 8.43. The minimum absolute atomic E-state index is 0.0254. The van der Waals surface area contributed by atoms with E-state index >= 15 is 0 Å². The van der Waals surface area contributed by atoms with Gasteiger partial charge in [0.2, 0.25) is 0 Å². The highest BCUT2D eigenvalue weighted by Gasteiger charge is 2.31. The molecule has 0 aliphatic carbocycles. The number of hydrogen-bond acceptors (Lipinski definition) is 3. The van der Waals surface area contributed by atoms with Crippen LogP contribution in [0.1, 0.15) is 6.42 Å². The van der Waals surface area contributed by atoms with Crippen LogP contribution < -0.4 is 5.32 Å². The Bertz CT molecular complexity index is 158. The molecule has 1 saturated heterocycles. The van der Waals surface area contributed by atoms with Gasteiger partial charge < -0.3 is 5.32 Å². The maximum Gasteiger partial charge on any atom is 0.254 e. The third-order valence-corrected chi connectivity index (χ3v) is 2.01. The highest BCUT2D eigenvalue weighted by molar-refractivity contribution is 5.83. The number of nitrogens with zero attached hydrogens (tertiary/aromatic N) is 2. The van der Waals surface area contributed by atoms with Crippen LogP contribution in [-0.2, 0) is 4.79 Å². The fraction of sp³-hybridized carbons (Fsp3) is 0.857. The standard InChI is InChI=1S/C7H15N3O/c1-8-6-4-5-10(7(6)11)9(2)3/h6,8H,4-5H2,1-3H3. The molecule has 1 heterocycles. The monoisotopic (exact) mass is 157 g/mol. The van der Waals surface area contributed by atoms with Gasteiger partial charge in [0.05, 0.1) is 6.04 Å². The summed E-state index contributed by atoms with van der Waals surface area (Å²) in [6.07, 6.45) is 0.910. The molecule has 0 aromatic rings. The lowest BCUT2D eigenvalue weighted by molar-refractivity contribution is -0.140. The molecular weight excluding hydrogens is 142 g/mol. The van der Waals surface area contributed by atoms with E-state index in [0.717, 1.165) is 13.0 Å². The summed E-state index contributed by atoms with van der Waals surface area (Å²) in [7, 11) is 5.59. The Kier molecular flexibility index (Phi) is 2.46. The van der Waals surface area contributed by atoms with Crippen molar-refractivity contribution in [2.75, 3.05) is 27.7 Å². The number of rotatable bonds is 2. The summed E-state index contributed by atoms with van der Waals surface area (Å²) in [5.74, 6) is 0.178. The molecule has 0 spiro atoms. The molecule has 1 aliphatic rings. The van der Waals surface area contributed by atoms with Gasteiger partial charge in [0.15, 0.2) is 0 Å². The molecule has 4 nitrogen and oxygen atoms in total.